The molecule has 1 heterocycles. The van der Waals surface area contributed by atoms with E-state index in [1.54, 1.807) is 13.3 Å². The second-order valence-corrected chi connectivity index (χ2v) is 6.59. The van der Waals surface area contributed by atoms with Crippen LogP contribution < -0.4 is 4.74 Å². The highest BCUT2D eigenvalue weighted by atomic mass is 16.5. The van der Waals surface area contributed by atoms with Gasteiger partial charge in [0.1, 0.15) is 5.75 Å². The van der Waals surface area contributed by atoms with Crippen LogP contribution in [0.25, 0.3) is 0 Å². The number of hydrogen-bond donors (Lipinski definition) is 0. The molecule has 0 saturated heterocycles. The van der Waals surface area contributed by atoms with Crippen LogP contribution in [-0.4, -0.2) is 30.1 Å². The van der Waals surface area contributed by atoms with Gasteiger partial charge in [-0.05, 0) is 44.3 Å². The molecule has 3 nitrogen and oxygen atoms in total. The monoisotopic (exact) mass is 278 g/mol. The highest BCUT2D eigenvalue weighted by Gasteiger charge is 2.18. The maximum Gasteiger partial charge on any atom is 0.141 e. The van der Waals surface area contributed by atoms with E-state index in [1.165, 1.54) is 18.4 Å². The summed E-state index contributed by atoms with van der Waals surface area (Å²) in [6.07, 6.45) is 6.13. The molecule has 0 aliphatic rings. The molecule has 20 heavy (non-hydrogen) atoms. The summed E-state index contributed by atoms with van der Waals surface area (Å²) in [5.74, 6) is 0.884. The predicted molar refractivity (Wildman–Crippen MR) is 85.1 cm³/mol. The lowest BCUT2D eigenvalue weighted by molar-refractivity contribution is 0.201. The first kappa shape index (κ1) is 17.0. The summed E-state index contributed by atoms with van der Waals surface area (Å²) in [6, 6.07) is 2.42. The lowest BCUT2D eigenvalue weighted by atomic mass is 9.90. The Bertz CT molecular complexity index is 398. The van der Waals surface area contributed by atoms with Gasteiger partial charge in [0, 0.05) is 17.8 Å². The van der Waals surface area contributed by atoms with Crippen molar-refractivity contribution in [1.82, 2.24) is 9.88 Å². The number of rotatable bonds is 7. The summed E-state index contributed by atoms with van der Waals surface area (Å²) in [4.78, 5) is 6.64. The predicted octanol–water partition coefficient (Wildman–Crippen LogP) is 4.30. The number of ether oxygens (including phenoxy) is 1. The second-order valence-electron chi connectivity index (χ2n) is 6.59. The van der Waals surface area contributed by atoms with Crippen molar-refractivity contribution in [1.29, 1.82) is 0 Å². The molecule has 1 atom stereocenters. The van der Waals surface area contributed by atoms with Crippen LogP contribution in [0, 0.1) is 5.41 Å². The molecule has 1 unspecified atom stereocenters. The first-order valence-electron chi connectivity index (χ1n) is 7.61. The van der Waals surface area contributed by atoms with Crippen LogP contribution in [0.1, 0.15) is 59.1 Å². The number of hydrogen-bond acceptors (Lipinski definition) is 3. The molecule has 1 rings (SSSR count). The molecule has 0 aliphatic carbocycles. The van der Waals surface area contributed by atoms with E-state index in [0.29, 0.717) is 11.5 Å². The smallest absolute Gasteiger partial charge is 0.141 e. The molecule has 0 aromatic carbocycles. The van der Waals surface area contributed by atoms with Crippen molar-refractivity contribution in [2.75, 3.05) is 20.2 Å². The Kier molecular flexibility index (Phi) is 6.47. The summed E-state index contributed by atoms with van der Waals surface area (Å²) < 4.78 is 5.43. The maximum absolute atomic E-state index is 5.43. The minimum absolute atomic E-state index is 0.359. The Labute approximate surface area is 124 Å². The number of aromatic nitrogens is 1. The Balaban J connectivity index is 2.69. The molecular weight excluding hydrogens is 248 g/mol. The Morgan fingerprint density at radius 1 is 1.35 bits per heavy atom. The first-order valence-corrected chi connectivity index (χ1v) is 7.61. The van der Waals surface area contributed by atoms with Crippen LogP contribution in [0.3, 0.4) is 0 Å². The summed E-state index contributed by atoms with van der Waals surface area (Å²) in [7, 11) is 1.71. The molecule has 0 radical (unpaired) electrons. The summed E-state index contributed by atoms with van der Waals surface area (Å²) in [5, 5.41) is 0. The lowest BCUT2D eigenvalue weighted by Gasteiger charge is -2.30. The average Bonchev–Trinajstić information content (AvgIpc) is 2.41. The van der Waals surface area contributed by atoms with Gasteiger partial charge in [-0.15, -0.1) is 0 Å². The summed E-state index contributed by atoms with van der Waals surface area (Å²) in [6.45, 7) is 13.6. The zero-order chi connectivity index (χ0) is 15.2. The molecule has 1 aromatic rings. The summed E-state index contributed by atoms with van der Waals surface area (Å²) in [5.41, 5.74) is 1.64. The zero-order valence-corrected chi connectivity index (χ0v) is 13.9. The van der Waals surface area contributed by atoms with Gasteiger partial charge in [-0.2, -0.15) is 0 Å². The quantitative estimate of drug-likeness (QED) is 0.743. The largest absolute Gasteiger partial charge is 0.495 e. The molecule has 0 spiro atoms. The van der Waals surface area contributed by atoms with Gasteiger partial charge in [0.2, 0.25) is 0 Å². The Hall–Kier alpha value is -1.09. The molecule has 0 aliphatic heterocycles. The lowest BCUT2D eigenvalue weighted by Crippen LogP contribution is -2.29. The van der Waals surface area contributed by atoms with Gasteiger partial charge in [-0.3, -0.25) is 9.88 Å². The second kappa shape index (κ2) is 7.63. The third-order valence-corrected chi connectivity index (χ3v) is 3.81. The van der Waals surface area contributed by atoms with Crippen molar-refractivity contribution in [2.24, 2.45) is 5.41 Å². The fourth-order valence-corrected chi connectivity index (χ4v) is 2.54. The van der Waals surface area contributed by atoms with Crippen LogP contribution in [-0.2, 0) is 0 Å². The molecule has 3 heteroatoms. The van der Waals surface area contributed by atoms with E-state index < -0.39 is 0 Å². The van der Waals surface area contributed by atoms with Gasteiger partial charge in [0.05, 0.1) is 13.3 Å². The normalized spacial score (nSPS) is 13.6. The number of methoxy groups -OCH3 is 1. The van der Waals surface area contributed by atoms with Crippen molar-refractivity contribution in [3.63, 3.8) is 0 Å². The van der Waals surface area contributed by atoms with Crippen molar-refractivity contribution in [3.8, 4) is 5.75 Å². The minimum atomic E-state index is 0.359. The average molecular weight is 278 g/mol. The van der Waals surface area contributed by atoms with Crippen LogP contribution in [0.15, 0.2) is 18.5 Å². The van der Waals surface area contributed by atoms with Gasteiger partial charge < -0.3 is 4.74 Å². The Morgan fingerprint density at radius 2 is 2.05 bits per heavy atom. The standard InChI is InChI=1S/C17H30N2O/c1-7-19(12-8-10-17(3,4)5)14(2)15-9-11-18-13-16(15)20-6/h9,11,13-14H,7-8,10,12H2,1-6H3. The van der Waals surface area contributed by atoms with Crippen LogP contribution >= 0.6 is 0 Å². The molecular formula is C17H30N2O. The van der Waals surface area contributed by atoms with Gasteiger partial charge in [-0.1, -0.05) is 27.7 Å². The zero-order valence-electron chi connectivity index (χ0n) is 13.9. The minimum Gasteiger partial charge on any atom is -0.495 e. The highest BCUT2D eigenvalue weighted by Crippen LogP contribution is 2.29. The van der Waals surface area contributed by atoms with E-state index in [2.05, 4.69) is 50.6 Å². The van der Waals surface area contributed by atoms with Crippen LogP contribution in [0.4, 0.5) is 0 Å². The van der Waals surface area contributed by atoms with E-state index in [9.17, 15) is 0 Å². The summed E-state index contributed by atoms with van der Waals surface area (Å²) >= 11 is 0. The van der Waals surface area contributed by atoms with Gasteiger partial charge in [-0.25, -0.2) is 0 Å². The van der Waals surface area contributed by atoms with E-state index in [1.807, 2.05) is 6.20 Å². The number of nitrogens with zero attached hydrogens (tertiary/aromatic N) is 2. The van der Waals surface area contributed by atoms with Crippen LogP contribution in [0.5, 0.6) is 5.75 Å². The fraction of sp³-hybridized carbons (Fsp3) is 0.706. The fourth-order valence-electron chi connectivity index (χ4n) is 2.54. The maximum atomic E-state index is 5.43. The molecule has 0 bridgehead atoms. The van der Waals surface area contributed by atoms with Crippen molar-refractivity contribution < 1.29 is 4.74 Å². The van der Waals surface area contributed by atoms with Gasteiger partial charge >= 0.3 is 0 Å². The van der Waals surface area contributed by atoms with E-state index in [-0.39, 0.29) is 0 Å². The van der Waals surface area contributed by atoms with Crippen molar-refractivity contribution in [2.45, 2.75) is 53.5 Å². The topological polar surface area (TPSA) is 25.4 Å². The van der Waals surface area contributed by atoms with Crippen LogP contribution in [0.2, 0.25) is 0 Å². The Morgan fingerprint density at radius 3 is 2.60 bits per heavy atom. The van der Waals surface area contributed by atoms with E-state index >= 15 is 0 Å². The third-order valence-electron chi connectivity index (χ3n) is 3.81. The highest BCUT2D eigenvalue weighted by molar-refractivity contribution is 5.32. The molecule has 114 valence electrons. The number of pyridine rings is 1. The van der Waals surface area contributed by atoms with E-state index in [4.69, 9.17) is 4.74 Å². The van der Waals surface area contributed by atoms with E-state index in [0.717, 1.165) is 18.8 Å². The first-order chi connectivity index (χ1) is 9.39. The molecule has 0 amide bonds. The van der Waals surface area contributed by atoms with Crippen molar-refractivity contribution in [3.05, 3.63) is 24.0 Å². The van der Waals surface area contributed by atoms with Gasteiger partial charge in [0.15, 0.2) is 0 Å². The molecule has 1 aromatic heterocycles. The van der Waals surface area contributed by atoms with Crippen molar-refractivity contribution >= 4 is 0 Å². The molecule has 0 fully saturated rings. The third kappa shape index (κ3) is 5.12. The molecule has 0 N–H and O–H groups in total. The van der Waals surface area contributed by atoms with Gasteiger partial charge in [0.25, 0.3) is 0 Å². The molecule has 0 saturated carbocycles. The SMILES string of the molecule is CCN(CCCC(C)(C)C)C(C)c1ccncc1OC.